The van der Waals surface area contributed by atoms with Crippen LogP contribution < -0.4 is 10.6 Å². The Balaban J connectivity index is 1.86. The first-order chi connectivity index (χ1) is 10.8. The van der Waals surface area contributed by atoms with E-state index in [-0.39, 0.29) is 6.04 Å². The van der Waals surface area contributed by atoms with Crippen LogP contribution in [0, 0.1) is 11.6 Å². The molecule has 0 radical (unpaired) electrons. The molecule has 23 heavy (non-hydrogen) atoms. The molecule has 1 saturated carbocycles. The summed E-state index contributed by atoms with van der Waals surface area (Å²) in [5, 5.41) is 4.93. The SMILES string of the molecule is C[C@]1(c2c(F)cccc2F)NC(=O)N(CC(=O)NC2CC2)C1=O. The summed E-state index contributed by atoms with van der Waals surface area (Å²) in [6.45, 7) is 0.736. The Labute approximate surface area is 130 Å². The summed E-state index contributed by atoms with van der Waals surface area (Å²) in [5.74, 6) is -3.22. The van der Waals surface area contributed by atoms with E-state index in [9.17, 15) is 23.2 Å². The van der Waals surface area contributed by atoms with Crippen molar-refractivity contribution in [2.75, 3.05) is 6.54 Å². The zero-order chi connectivity index (χ0) is 16.8. The van der Waals surface area contributed by atoms with Crippen LogP contribution in [0.3, 0.4) is 0 Å². The summed E-state index contributed by atoms with van der Waals surface area (Å²) in [5.41, 5.74) is -2.42. The molecule has 1 aliphatic heterocycles. The Kier molecular flexibility index (Phi) is 3.54. The Bertz CT molecular complexity index is 685. The van der Waals surface area contributed by atoms with Gasteiger partial charge >= 0.3 is 6.03 Å². The fraction of sp³-hybridized carbons (Fsp3) is 0.400. The van der Waals surface area contributed by atoms with Crippen molar-refractivity contribution in [3.8, 4) is 0 Å². The second kappa shape index (κ2) is 5.29. The second-order valence-electron chi connectivity index (χ2n) is 5.88. The largest absolute Gasteiger partial charge is 0.352 e. The van der Waals surface area contributed by atoms with Gasteiger partial charge in [0.1, 0.15) is 23.7 Å². The number of amides is 4. The zero-order valence-corrected chi connectivity index (χ0v) is 12.4. The molecule has 1 aliphatic carbocycles. The van der Waals surface area contributed by atoms with Crippen molar-refractivity contribution in [1.82, 2.24) is 15.5 Å². The van der Waals surface area contributed by atoms with Gasteiger partial charge in [0.2, 0.25) is 5.91 Å². The third-order valence-electron chi connectivity index (χ3n) is 3.98. The predicted molar refractivity (Wildman–Crippen MR) is 75.1 cm³/mol. The maximum absolute atomic E-state index is 14.0. The molecule has 122 valence electrons. The molecule has 6 nitrogen and oxygen atoms in total. The first kappa shape index (κ1) is 15.4. The lowest BCUT2D eigenvalue weighted by Crippen LogP contribution is -2.44. The molecule has 0 spiro atoms. The van der Waals surface area contributed by atoms with Crippen LogP contribution in [0.25, 0.3) is 0 Å². The number of hydrogen-bond acceptors (Lipinski definition) is 3. The number of carbonyl (C=O) groups excluding carboxylic acids is 3. The maximum Gasteiger partial charge on any atom is 0.325 e. The van der Waals surface area contributed by atoms with E-state index < -0.39 is 47.1 Å². The number of imide groups is 1. The van der Waals surface area contributed by atoms with Crippen molar-refractivity contribution >= 4 is 17.8 Å². The standard InChI is InChI=1S/C15H15F2N3O3/c1-15(12-9(16)3-2-4-10(12)17)13(22)20(14(23)19-15)7-11(21)18-8-5-6-8/h2-4,8H,5-7H2,1H3,(H,18,21)(H,19,23)/t15-/m1/s1. The first-order valence-corrected chi connectivity index (χ1v) is 7.21. The maximum atomic E-state index is 14.0. The smallest absolute Gasteiger partial charge is 0.325 e. The molecule has 0 aromatic heterocycles. The molecule has 2 fully saturated rings. The molecule has 4 amide bonds. The summed E-state index contributed by atoms with van der Waals surface area (Å²) in [6, 6.07) is 2.40. The van der Waals surface area contributed by atoms with E-state index in [4.69, 9.17) is 0 Å². The summed E-state index contributed by atoms with van der Waals surface area (Å²) in [4.78, 5) is 37.0. The Hall–Kier alpha value is -2.51. The van der Waals surface area contributed by atoms with Gasteiger partial charge in [0, 0.05) is 6.04 Å². The molecule has 8 heteroatoms. The normalized spacial score (nSPS) is 23.9. The summed E-state index contributed by atoms with van der Waals surface area (Å²) >= 11 is 0. The lowest BCUT2D eigenvalue weighted by molar-refractivity contribution is -0.135. The fourth-order valence-corrected chi connectivity index (χ4v) is 2.63. The van der Waals surface area contributed by atoms with Gasteiger partial charge in [-0.1, -0.05) is 6.07 Å². The lowest BCUT2D eigenvalue weighted by Gasteiger charge is -2.23. The third kappa shape index (κ3) is 2.64. The van der Waals surface area contributed by atoms with Crippen LogP contribution in [-0.2, 0) is 15.1 Å². The van der Waals surface area contributed by atoms with E-state index in [1.807, 2.05) is 0 Å². The van der Waals surface area contributed by atoms with Crippen LogP contribution in [0.1, 0.15) is 25.3 Å². The molecule has 1 aromatic carbocycles. The molecular weight excluding hydrogens is 308 g/mol. The third-order valence-corrected chi connectivity index (χ3v) is 3.98. The van der Waals surface area contributed by atoms with Gasteiger partial charge in [0.15, 0.2) is 0 Å². The average molecular weight is 323 g/mol. The molecule has 1 aromatic rings. The molecule has 1 saturated heterocycles. The van der Waals surface area contributed by atoms with Crippen molar-refractivity contribution in [1.29, 1.82) is 0 Å². The summed E-state index contributed by atoms with van der Waals surface area (Å²) in [6.07, 6.45) is 1.73. The van der Waals surface area contributed by atoms with Gasteiger partial charge in [-0.15, -0.1) is 0 Å². The number of nitrogens with one attached hydrogen (secondary N) is 2. The Morgan fingerprint density at radius 2 is 1.96 bits per heavy atom. The highest BCUT2D eigenvalue weighted by molar-refractivity contribution is 6.09. The number of nitrogens with zero attached hydrogens (tertiary/aromatic N) is 1. The van der Waals surface area contributed by atoms with Crippen LogP contribution in [0.15, 0.2) is 18.2 Å². The average Bonchev–Trinajstić information content (AvgIpc) is 3.23. The highest BCUT2D eigenvalue weighted by Gasteiger charge is 2.52. The molecule has 2 N–H and O–H groups in total. The van der Waals surface area contributed by atoms with Crippen molar-refractivity contribution in [3.63, 3.8) is 0 Å². The van der Waals surface area contributed by atoms with Crippen LogP contribution in [0.5, 0.6) is 0 Å². The van der Waals surface area contributed by atoms with Gasteiger partial charge in [-0.05, 0) is 31.9 Å². The molecule has 0 bridgehead atoms. The van der Waals surface area contributed by atoms with Gasteiger partial charge in [0.25, 0.3) is 5.91 Å². The number of hydrogen-bond donors (Lipinski definition) is 2. The zero-order valence-electron chi connectivity index (χ0n) is 12.4. The van der Waals surface area contributed by atoms with E-state index in [1.54, 1.807) is 0 Å². The highest BCUT2D eigenvalue weighted by Crippen LogP contribution is 2.32. The Morgan fingerprint density at radius 3 is 2.52 bits per heavy atom. The lowest BCUT2D eigenvalue weighted by atomic mass is 9.91. The minimum atomic E-state index is -1.88. The number of urea groups is 1. The molecule has 2 aliphatic rings. The molecule has 1 atom stereocenters. The van der Waals surface area contributed by atoms with E-state index in [0.29, 0.717) is 4.90 Å². The van der Waals surface area contributed by atoms with E-state index in [0.717, 1.165) is 25.0 Å². The van der Waals surface area contributed by atoms with E-state index in [2.05, 4.69) is 10.6 Å². The van der Waals surface area contributed by atoms with Crippen molar-refractivity contribution in [2.45, 2.75) is 31.3 Å². The number of halogens is 2. The van der Waals surface area contributed by atoms with E-state index in [1.165, 1.54) is 13.0 Å². The van der Waals surface area contributed by atoms with Gasteiger partial charge in [-0.2, -0.15) is 0 Å². The van der Waals surface area contributed by atoms with Gasteiger partial charge in [0.05, 0.1) is 5.56 Å². The highest BCUT2D eigenvalue weighted by atomic mass is 19.1. The monoisotopic (exact) mass is 323 g/mol. The minimum Gasteiger partial charge on any atom is -0.352 e. The van der Waals surface area contributed by atoms with Crippen LogP contribution in [-0.4, -0.2) is 35.3 Å². The molecular formula is C15H15F2N3O3. The number of benzene rings is 1. The fourth-order valence-electron chi connectivity index (χ4n) is 2.63. The molecule has 3 rings (SSSR count). The van der Waals surface area contributed by atoms with Gasteiger partial charge in [-0.25, -0.2) is 13.6 Å². The van der Waals surface area contributed by atoms with Crippen molar-refractivity contribution < 1.29 is 23.2 Å². The minimum absolute atomic E-state index is 0.0821. The predicted octanol–water partition coefficient (Wildman–Crippen LogP) is 1.01. The van der Waals surface area contributed by atoms with Gasteiger partial charge < -0.3 is 10.6 Å². The molecule has 1 heterocycles. The van der Waals surface area contributed by atoms with Gasteiger partial charge in [-0.3, -0.25) is 14.5 Å². The number of rotatable bonds is 4. The van der Waals surface area contributed by atoms with Crippen molar-refractivity contribution in [2.24, 2.45) is 0 Å². The summed E-state index contributed by atoms with van der Waals surface area (Å²) in [7, 11) is 0. The topological polar surface area (TPSA) is 78.5 Å². The summed E-state index contributed by atoms with van der Waals surface area (Å²) < 4.78 is 28.0. The molecule has 0 unspecified atom stereocenters. The Morgan fingerprint density at radius 1 is 1.35 bits per heavy atom. The van der Waals surface area contributed by atoms with Crippen LogP contribution >= 0.6 is 0 Å². The number of carbonyl (C=O) groups is 3. The van der Waals surface area contributed by atoms with Crippen LogP contribution in [0.4, 0.5) is 13.6 Å². The van der Waals surface area contributed by atoms with Crippen molar-refractivity contribution in [3.05, 3.63) is 35.4 Å². The quantitative estimate of drug-likeness (QED) is 0.812. The van der Waals surface area contributed by atoms with Crippen LogP contribution in [0.2, 0.25) is 0 Å². The second-order valence-corrected chi connectivity index (χ2v) is 5.88. The first-order valence-electron chi connectivity index (χ1n) is 7.21. The van der Waals surface area contributed by atoms with E-state index >= 15 is 0 Å².